The molecule has 0 saturated heterocycles. The van der Waals surface area contributed by atoms with Gasteiger partial charge in [-0.1, -0.05) is 35.3 Å². The Morgan fingerprint density at radius 2 is 2.04 bits per heavy atom. The van der Waals surface area contributed by atoms with Gasteiger partial charge in [-0.3, -0.25) is 4.79 Å². The number of thioether (sulfide) groups is 1. The quantitative estimate of drug-likeness (QED) is 0.638. The Kier molecular flexibility index (Phi) is 6.27. The third-order valence-corrected chi connectivity index (χ3v) is 4.02. The van der Waals surface area contributed by atoms with Crippen LogP contribution in [0, 0.1) is 0 Å². The summed E-state index contributed by atoms with van der Waals surface area (Å²) in [5.74, 6) is -0.960. The minimum Gasteiger partial charge on any atom is -0.452 e. The van der Waals surface area contributed by atoms with Gasteiger partial charge in [0.15, 0.2) is 12.4 Å². The summed E-state index contributed by atoms with van der Waals surface area (Å²) in [6.07, 6.45) is 3.21. The normalized spacial score (nSPS) is 10.2. The topological polar surface area (TPSA) is 68.3 Å². The van der Waals surface area contributed by atoms with E-state index in [0.29, 0.717) is 10.6 Å². The van der Waals surface area contributed by atoms with Crippen molar-refractivity contribution in [3.63, 3.8) is 0 Å². The SMILES string of the molecule is CSc1ccccc1C(=O)OCC(=O)Nc1ncc(Cl)cc1Cl. The van der Waals surface area contributed by atoms with E-state index in [0.717, 1.165) is 4.90 Å². The fourth-order valence-corrected chi connectivity index (χ4v) is 2.71. The molecule has 0 bridgehead atoms. The number of ether oxygens (including phenoxy) is 1. The number of rotatable bonds is 5. The summed E-state index contributed by atoms with van der Waals surface area (Å²) in [6, 6.07) is 8.45. The average Bonchev–Trinajstić information content (AvgIpc) is 2.55. The van der Waals surface area contributed by atoms with Crippen molar-refractivity contribution >= 4 is 52.7 Å². The Morgan fingerprint density at radius 3 is 2.74 bits per heavy atom. The van der Waals surface area contributed by atoms with Gasteiger partial charge in [-0.15, -0.1) is 11.8 Å². The number of benzene rings is 1. The van der Waals surface area contributed by atoms with Crippen molar-refractivity contribution in [1.82, 2.24) is 4.98 Å². The Bertz CT molecular complexity index is 740. The zero-order chi connectivity index (χ0) is 16.8. The zero-order valence-corrected chi connectivity index (χ0v) is 14.3. The van der Waals surface area contributed by atoms with Crippen molar-refractivity contribution in [1.29, 1.82) is 0 Å². The Labute approximate surface area is 147 Å². The van der Waals surface area contributed by atoms with E-state index in [1.165, 1.54) is 24.0 Å². The molecule has 23 heavy (non-hydrogen) atoms. The lowest BCUT2D eigenvalue weighted by atomic mass is 10.2. The number of esters is 1. The number of halogens is 2. The van der Waals surface area contributed by atoms with Crippen molar-refractivity contribution in [3.8, 4) is 0 Å². The first-order chi connectivity index (χ1) is 11.0. The molecule has 0 spiro atoms. The fourth-order valence-electron chi connectivity index (χ4n) is 1.70. The van der Waals surface area contributed by atoms with Gasteiger partial charge in [0.05, 0.1) is 15.6 Å². The predicted octanol–water partition coefficient (Wildman–Crippen LogP) is 3.91. The first-order valence-corrected chi connectivity index (χ1v) is 8.40. The molecule has 0 atom stereocenters. The Balaban J connectivity index is 1.95. The van der Waals surface area contributed by atoms with Gasteiger partial charge in [-0.25, -0.2) is 9.78 Å². The number of pyridine rings is 1. The second-order valence-electron chi connectivity index (χ2n) is 4.31. The predicted molar refractivity (Wildman–Crippen MR) is 91.4 cm³/mol. The summed E-state index contributed by atoms with van der Waals surface area (Å²) in [4.78, 5) is 28.5. The van der Waals surface area contributed by atoms with Crippen LogP contribution in [0.3, 0.4) is 0 Å². The molecule has 0 unspecified atom stereocenters. The monoisotopic (exact) mass is 370 g/mol. The van der Waals surface area contributed by atoms with Crippen LogP contribution in [0.2, 0.25) is 10.0 Å². The maximum Gasteiger partial charge on any atom is 0.339 e. The number of aromatic nitrogens is 1. The molecule has 2 aromatic rings. The second-order valence-corrected chi connectivity index (χ2v) is 6.00. The minimum absolute atomic E-state index is 0.154. The molecule has 0 aliphatic heterocycles. The van der Waals surface area contributed by atoms with Gasteiger partial charge in [0.2, 0.25) is 0 Å². The number of anilines is 1. The lowest BCUT2D eigenvalue weighted by Gasteiger charge is -2.09. The third-order valence-electron chi connectivity index (χ3n) is 2.73. The van der Waals surface area contributed by atoms with Crippen LogP contribution in [0.5, 0.6) is 0 Å². The molecular weight excluding hydrogens is 359 g/mol. The van der Waals surface area contributed by atoms with E-state index in [2.05, 4.69) is 10.3 Å². The summed E-state index contributed by atoms with van der Waals surface area (Å²) < 4.78 is 5.01. The molecule has 5 nitrogen and oxygen atoms in total. The van der Waals surface area contributed by atoms with E-state index >= 15 is 0 Å². The molecule has 1 aromatic heterocycles. The van der Waals surface area contributed by atoms with Crippen LogP contribution < -0.4 is 5.32 Å². The molecule has 2 rings (SSSR count). The maximum atomic E-state index is 12.0. The number of carbonyl (C=O) groups excluding carboxylic acids is 2. The molecule has 0 saturated carbocycles. The summed E-state index contributed by atoms with van der Waals surface area (Å²) in [6.45, 7) is -0.442. The molecule has 0 aliphatic carbocycles. The smallest absolute Gasteiger partial charge is 0.339 e. The first kappa shape index (κ1) is 17.6. The summed E-state index contributed by atoms with van der Waals surface area (Å²) in [5, 5.41) is 3.00. The van der Waals surface area contributed by atoms with Crippen LogP contribution in [0.1, 0.15) is 10.4 Å². The Hall–Kier alpha value is -1.76. The maximum absolute atomic E-state index is 12.0. The number of nitrogens with one attached hydrogen (secondary N) is 1. The molecule has 8 heteroatoms. The highest BCUT2D eigenvalue weighted by Crippen LogP contribution is 2.23. The highest BCUT2D eigenvalue weighted by Gasteiger charge is 2.14. The van der Waals surface area contributed by atoms with E-state index < -0.39 is 18.5 Å². The minimum atomic E-state index is -0.569. The third kappa shape index (κ3) is 4.86. The number of hydrogen-bond acceptors (Lipinski definition) is 5. The van der Waals surface area contributed by atoms with Gasteiger partial charge in [-0.2, -0.15) is 0 Å². The second kappa shape index (κ2) is 8.19. The van der Waals surface area contributed by atoms with E-state index in [9.17, 15) is 9.59 Å². The van der Waals surface area contributed by atoms with Crippen molar-refractivity contribution in [2.45, 2.75) is 4.90 Å². The van der Waals surface area contributed by atoms with Gasteiger partial charge in [0.1, 0.15) is 0 Å². The number of hydrogen-bond donors (Lipinski definition) is 1. The standard InChI is InChI=1S/C15H12Cl2N2O3S/c1-23-12-5-3-2-4-10(12)15(21)22-8-13(20)19-14-11(17)6-9(16)7-18-14/h2-7H,8H2,1H3,(H,18,19,20). The van der Waals surface area contributed by atoms with Crippen LogP contribution in [0.15, 0.2) is 41.4 Å². The van der Waals surface area contributed by atoms with E-state index in [1.54, 1.807) is 18.2 Å². The van der Waals surface area contributed by atoms with Gasteiger partial charge >= 0.3 is 5.97 Å². The average molecular weight is 371 g/mol. The number of carbonyl (C=O) groups is 2. The summed E-state index contributed by atoms with van der Waals surface area (Å²) in [5.41, 5.74) is 0.412. The van der Waals surface area contributed by atoms with E-state index in [1.807, 2.05) is 12.3 Å². The molecular formula is C15H12Cl2N2O3S. The molecule has 0 fully saturated rings. The number of nitrogens with zero attached hydrogens (tertiary/aromatic N) is 1. The van der Waals surface area contributed by atoms with Gasteiger partial charge in [0, 0.05) is 11.1 Å². The van der Waals surface area contributed by atoms with Crippen LogP contribution in [-0.4, -0.2) is 29.7 Å². The van der Waals surface area contributed by atoms with Crippen molar-refractivity contribution in [2.75, 3.05) is 18.2 Å². The highest BCUT2D eigenvalue weighted by atomic mass is 35.5. The zero-order valence-electron chi connectivity index (χ0n) is 12.0. The van der Waals surface area contributed by atoms with Crippen LogP contribution in [0.25, 0.3) is 0 Å². The number of amides is 1. The first-order valence-electron chi connectivity index (χ1n) is 6.42. The molecule has 1 N–H and O–H groups in total. The van der Waals surface area contributed by atoms with E-state index in [-0.39, 0.29) is 10.8 Å². The molecule has 1 heterocycles. The summed E-state index contributed by atoms with van der Waals surface area (Å²) in [7, 11) is 0. The van der Waals surface area contributed by atoms with Gasteiger partial charge < -0.3 is 10.1 Å². The van der Waals surface area contributed by atoms with Crippen LogP contribution >= 0.6 is 35.0 Å². The Morgan fingerprint density at radius 1 is 1.30 bits per heavy atom. The molecule has 1 aromatic carbocycles. The molecule has 0 radical (unpaired) electrons. The lowest BCUT2D eigenvalue weighted by molar-refractivity contribution is -0.119. The van der Waals surface area contributed by atoms with E-state index in [4.69, 9.17) is 27.9 Å². The largest absolute Gasteiger partial charge is 0.452 e. The fraction of sp³-hybridized carbons (Fsp3) is 0.133. The van der Waals surface area contributed by atoms with Crippen molar-refractivity contribution < 1.29 is 14.3 Å². The van der Waals surface area contributed by atoms with Gasteiger partial charge in [-0.05, 0) is 24.5 Å². The van der Waals surface area contributed by atoms with Crippen molar-refractivity contribution in [3.05, 3.63) is 52.1 Å². The van der Waals surface area contributed by atoms with Crippen molar-refractivity contribution in [2.24, 2.45) is 0 Å². The summed E-state index contributed by atoms with van der Waals surface area (Å²) >= 11 is 13.0. The van der Waals surface area contributed by atoms with Crippen LogP contribution in [0.4, 0.5) is 5.82 Å². The molecule has 120 valence electrons. The lowest BCUT2D eigenvalue weighted by Crippen LogP contribution is -2.21. The molecule has 0 aliphatic rings. The van der Waals surface area contributed by atoms with Crippen LogP contribution in [-0.2, 0) is 9.53 Å². The highest BCUT2D eigenvalue weighted by molar-refractivity contribution is 7.98. The molecule has 1 amide bonds. The van der Waals surface area contributed by atoms with Gasteiger partial charge in [0.25, 0.3) is 5.91 Å².